The minimum Gasteiger partial charge on any atom is -0.335 e. The predicted octanol–water partition coefficient (Wildman–Crippen LogP) is 1.51. The Morgan fingerprint density at radius 1 is 1.20 bits per heavy atom. The molecule has 3 heteroatoms. The monoisotopic (exact) mass is 210 g/mol. The smallest absolute Gasteiger partial charge is 0.240 e. The van der Waals surface area contributed by atoms with Crippen LogP contribution in [0.25, 0.3) is 0 Å². The molecular weight excluding hydrogens is 188 g/mol. The third-order valence-electron chi connectivity index (χ3n) is 3.95. The van der Waals surface area contributed by atoms with Gasteiger partial charge in [-0.25, -0.2) is 0 Å². The van der Waals surface area contributed by atoms with Gasteiger partial charge in [-0.05, 0) is 38.0 Å². The van der Waals surface area contributed by atoms with Crippen LogP contribution in [0.15, 0.2) is 0 Å². The lowest BCUT2D eigenvalue weighted by Gasteiger charge is -2.37. The molecule has 0 saturated carbocycles. The summed E-state index contributed by atoms with van der Waals surface area (Å²) in [4.78, 5) is 14.3. The lowest BCUT2D eigenvalue weighted by atomic mass is 9.98. The highest BCUT2D eigenvalue weighted by Gasteiger charge is 2.41. The fourth-order valence-electron chi connectivity index (χ4n) is 2.93. The van der Waals surface area contributed by atoms with Crippen LogP contribution in [0, 0.1) is 5.92 Å². The van der Waals surface area contributed by atoms with Gasteiger partial charge in [0.2, 0.25) is 5.91 Å². The van der Waals surface area contributed by atoms with Crippen molar-refractivity contribution in [1.82, 2.24) is 4.90 Å². The zero-order valence-electron chi connectivity index (χ0n) is 9.78. The van der Waals surface area contributed by atoms with Crippen LogP contribution in [-0.4, -0.2) is 28.9 Å². The molecule has 0 radical (unpaired) electrons. The summed E-state index contributed by atoms with van der Waals surface area (Å²) in [7, 11) is 0. The molecule has 2 bridgehead atoms. The van der Waals surface area contributed by atoms with Crippen molar-refractivity contribution >= 4 is 5.91 Å². The van der Waals surface area contributed by atoms with Crippen molar-refractivity contribution in [2.75, 3.05) is 0 Å². The second-order valence-corrected chi connectivity index (χ2v) is 5.33. The van der Waals surface area contributed by atoms with Gasteiger partial charge in [0.25, 0.3) is 0 Å². The maximum absolute atomic E-state index is 12.2. The lowest BCUT2D eigenvalue weighted by Crippen LogP contribution is -2.52. The standard InChI is InChI=1S/C12H22N2O/c1-8(2)11(13)12(15)14-9-4-3-5-10(14)7-6-9/h8-11H,3-7,13H2,1-2H3. The first-order chi connectivity index (χ1) is 7.11. The van der Waals surface area contributed by atoms with E-state index in [1.54, 1.807) is 0 Å². The van der Waals surface area contributed by atoms with Gasteiger partial charge in [0.15, 0.2) is 0 Å². The number of carbonyl (C=O) groups excluding carboxylic acids is 1. The SMILES string of the molecule is CC(C)C(N)C(=O)N1C2CCCC1CC2. The van der Waals surface area contributed by atoms with Gasteiger partial charge in [-0.15, -0.1) is 0 Å². The van der Waals surface area contributed by atoms with Gasteiger partial charge in [0.05, 0.1) is 6.04 Å². The van der Waals surface area contributed by atoms with Crippen LogP contribution < -0.4 is 5.73 Å². The molecule has 3 atom stereocenters. The number of hydrogen-bond acceptors (Lipinski definition) is 2. The Labute approximate surface area is 92.0 Å². The van der Waals surface area contributed by atoms with Crippen molar-refractivity contribution in [3.8, 4) is 0 Å². The van der Waals surface area contributed by atoms with E-state index in [9.17, 15) is 4.79 Å². The molecule has 3 unspecified atom stereocenters. The van der Waals surface area contributed by atoms with Crippen molar-refractivity contribution in [2.24, 2.45) is 11.7 Å². The van der Waals surface area contributed by atoms with Crippen LogP contribution in [0.5, 0.6) is 0 Å². The molecule has 2 aliphatic heterocycles. The topological polar surface area (TPSA) is 46.3 Å². The summed E-state index contributed by atoms with van der Waals surface area (Å²) >= 11 is 0. The molecule has 86 valence electrons. The summed E-state index contributed by atoms with van der Waals surface area (Å²) in [5.74, 6) is 0.441. The van der Waals surface area contributed by atoms with E-state index in [1.807, 2.05) is 13.8 Å². The Kier molecular flexibility index (Phi) is 3.01. The second kappa shape index (κ2) is 4.12. The Hall–Kier alpha value is -0.570. The Morgan fingerprint density at radius 3 is 2.20 bits per heavy atom. The zero-order chi connectivity index (χ0) is 11.0. The number of rotatable bonds is 2. The van der Waals surface area contributed by atoms with E-state index >= 15 is 0 Å². The lowest BCUT2D eigenvalue weighted by molar-refractivity contribution is -0.137. The minimum absolute atomic E-state index is 0.192. The number of nitrogens with zero attached hydrogens (tertiary/aromatic N) is 1. The normalized spacial score (nSPS) is 32.1. The number of piperidine rings is 1. The summed E-state index contributed by atoms with van der Waals surface area (Å²) in [5.41, 5.74) is 5.95. The molecule has 0 aliphatic carbocycles. The molecule has 15 heavy (non-hydrogen) atoms. The molecule has 1 amide bonds. The van der Waals surface area contributed by atoms with Gasteiger partial charge in [0, 0.05) is 12.1 Å². The van der Waals surface area contributed by atoms with E-state index < -0.39 is 0 Å². The molecule has 0 aromatic rings. The fraction of sp³-hybridized carbons (Fsp3) is 0.917. The first-order valence-electron chi connectivity index (χ1n) is 6.19. The first kappa shape index (κ1) is 10.9. The zero-order valence-corrected chi connectivity index (χ0v) is 9.78. The molecule has 2 aliphatic rings. The van der Waals surface area contributed by atoms with Gasteiger partial charge in [-0.2, -0.15) is 0 Å². The van der Waals surface area contributed by atoms with E-state index in [0.717, 1.165) is 0 Å². The van der Waals surface area contributed by atoms with E-state index in [1.165, 1.54) is 32.1 Å². The van der Waals surface area contributed by atoms with Gasteiger partial charge in [-0.1, -0.05) is 13.8 Å². The molecule has 2 saturated heterocycles. The third-order valence-corrected chi connectivity index (χ3v) is 3.95. The Bertz CT molecular complexity index is 236. The highest BCUT2D eigenvalue weighted by molar-refractivity contribution is 5.83. The maximum atomic E-state index is 12.2. The van der Waals surface area contributed by atoms with Crippen LogP contribution >= 0.6 is 0 Å². The largest absolute Gasteiger partial charge is 0.335 e. The van der Waals surface area contributed by atoms with Gasteiger partial charge in [0.1, 0.15) is 0 Å². The van der Waals surface area contributed by atoms with E-state index in [2.05, 4.69) is 4.90 Å². The Morgan fingerprint density at radius 2 is 1.73 bits per heavy atom. The summed E-state index contributed by atoms with van der Waals surface area (Å²) in [6, 6.07) is 0.702. The highest BCUT2D eigenvalue weighted by Crippen LogP contribution is 2.36. The number of hydrogen-bond donors (Lipinski definition) is 1. The van der Waals surface area contributed by atoms with Gasteiger partial charge < -0.3 is 10.6 Å². The number of fused-ring (bicyclic) bond motifs is 2. The number of nitrogens with two attached hydrogens (primary N) is 1. The second-order valence-electron chi connectivity index (χ2n) is 5.33. The van der Waals surface area contributed by atoms with Gasteiger partial charge in [-0.3, -0.25) is 4.79 Å². The average molecular weight is 210 g/mol. The van der Waals surface area contributed by atoms with Crippen molar-refractivity contribution in [1.29, 1.82) is 0 Å². The van der Waals surface area contributed by atoms with Crippen molar-refractivity contribution < 1.29 is 4.79 Å². The molecule has 2 N–H and O–H groups in total. The predicted molar refractivity (Wildman–Crippen MR) is 60.3 cm³/mol. The molecule has 2 rings (SSSR count). The molecule has 0 aromatic carbocycles. The van der Waals surface area contributed by atoms with Crippen molar-refractivity contribution in [2.45, 2.75) is 64.1 Å². The van der Waals surface area contributed by atoms with E-state index in [-0.39, 0.29) is 17.9 Å². The molecule has 2 heterocycles. The molecule has 0 spiro atoms. The molecule has 2 fully saturated rings. The summed E-state index contributed by atoms with van der Waals surface area (Å²) in [6.45, 7) is 4.04. The summed E-state index contributed by atoms with van der Waals surface area (Å²) in [6.07, 6.45) is 6.05. The number of carbonyl (C=O) groups is 1. The minimum atomic E-state index is -0.300. The van der Waals surface area contributed by atoms with Crippen molar-refractivity contribution in [3.05, 3.63) is 0 Å². The van der Waals surface area contributed by atoms with Crippen molar-refractivity contribution in [3.63, 3.8) is 0 Å². The quantitative estimate of drug-likeness (QED) is 0.751. The third kappa shape index (κ3) is 1.89. The Balaban J connectivity index is 2.07. The highest BCUT2D eigenvalue weighted by atomic mass is 16.2. The first-order valence-corrected chi connectivity index (χ1v) is 6.19. The van der Waals surface area contributed by atoms with E-state index in [4.69, 9.17) is 5.73 Å². The average Bonchev–Trinajstić information content (AvgIpc) is 2.46. The van der Waals surface area contributed by atoms with Gasteiger partial charge >= 0.3 is 0 Å². The van der Waals surface area contributed by atoms with Crippen LogP contribution in [-0.2, 0) is 4.79 Å². The number of amides is 1. The van der Waals surface area contributed by atoms with Crippen LogP contribution in [0.2, 0.25) is 0 Å². The fourth-order valence-corrected chi connectivity index (χ4v) is 2.93. The van der Waals surface area contributed by atoms with Crippen LogP contribution in [0.4, 0.5) is 0 Å². The maximum Gasteiger partial charge on any atom is 0.240 e. The molecule has 0 aromatic heterocycles. The summed E-state index contributed by atoms with van der Waals surface area (Å²) < 4.78 is 0. The summed E-state index contributed by atoms with van der Waals surface area (Å²) in [5, 5.41) is 0. The molecular formula is C12H22N2O. The van der Waals surface area contributed by atoms with Crippen LogP contribution in [0.1, 0.15) is 46.0 Å². The van der Waals surface area contributed by atoms with E-state index in [0.29, 0.717) is 12.1 Å². The van der Waals surface area contributed by atoms with Crippen LogP contribution in [0.3, 0.4) is 0 Å². The molecule has 3 nitrogen and oxygen atoms in total.